The normalized spacial score (nSPS) is 22.2. The predicted molar refractivity (Wildman–Crippen MR) is 99.0 cm³/mol. The van der Waals surface area contributed by atoms with E-state index in [0.717, 1.165) is 18.2 Å². The molecule has 0 bridgehead atoms. The fourth-order valence-electron chi connectivity index (χ4n) is 3.73. The zero-order valence-corrected chi connectivity index (χ0v) is 16.5. The van der Waals surface area contributed by atoms with E-state index in [9.17, 15) is 35.9 Å². The number of halogens is 4. The van der Waals surface area contributed by atoms with Gasteiger partial charge in [0.2, 0.25) is 0 Å². The molecule has 0 amide bonds. The number of alkyl halides is 3. The largest absolute Gasteiger partial charge is 0.481 e. The maximum atomic E-state index is 13.7. The topological polar surface area (TPSA) is 80.7 Å². The summed E-state index contributed by atoms with van der Waals surface area (Å²) in [5.74, 6) is -2.94. The van der Waals surface area contributed by atoms with Crippen molar-refractivity contribution in [2.45, 2.75) is 35.3 Å². The summed E-state index contributed by atoms with van der Waals surface area (Å²) in [6.07, 6.45) is -6.43. The van der Waals surface area contributed by atoms with Gasteiger partial charge < -0.3 is 9.84 Å². The summed E-state index contributed by atoms with van der Waals surface area (Å²) in [6, 6.07) is 7.54. The van der Waals surface area contributed by atoms with E-state index in [2.05, 4.69) is 0 Å². The number of benzene rings is 2. The van der Waals surface area contributed by atoms with Crippen LogP contribution in [0.3, 0.4) is 0 Å². The number of methoxy groups -OCH3 is 1. The highest BCUT2D eigenvalue weighted by Gasteiger charge is 2.47. The summed E-state index contributed by atoms with van der Waals surface area (Å²) in [5.41, 5.74) is -0.986. The minimum absolute atomic E-state index is 0.0749. The highest BCUT2D eigenvalue weighted by Crippen LogP contribution is 2.42. The van der Waals surface area contributed by atoms with Crippen LogP contribution in [0.2, 0.25) is 0 Å². The summed E-state index contributed by atoms with van der Waals surface area (Å²) in [6.45, 7) is 0. The molecular weight excluding hydrogens is 428 g/mol. The first-order valence-corrected chi connectivity index (χ1v) is 10.5. The molecule has 30 heavy (non-hydrogen) atoms. The van der Waals surface area contributed by atoms with E-state index in [-0.39, 0.29) is 24.0 Å². The van der Waals surface area contributed by atoms with Crippen LogP contribution in [0.1, 0.15) is 18.4 Å². The molecule has 1 aliphatic rings. The first kappa shape index (κ1) is 22.2. The standard InChI is InChI=1S/C20H18F4O5S/c1-29-17-10-14(9-15(17)19(25)26)30(27,28)18-7-4-12(8-16(18)20(22,23)24)11-2-5-13(21)6-3-11/h2-8,14-15,17H,9-10H2,1H3,(H,25,26)/t14-,15-,17-/m1/s1. The van der Waals surface area contributed by atoms with Gasteiger partial charge in [-0.2, -0.15) is 13.2 Å². The maximum Gasteiger partial charge on any atom is 0.417 e. The molecule has 3 atom stereocenters. The number of aliphatic carboxylic acids is 1. The second-order valence-electron chi connectivity index (χ2n) is 7.07. The van der Waals surface area contributed by atoms with Crippen LogP contribution in [0.4, 0.5) is 17.6 Å². The summed E-state index contributed by atoms with van der Waals surface area (Å²) in [7, 11) is -3.26. The molecule has 0 spiro atoms. The summed E-state index contributed by atoms with van der Waals surface area (Å²) < 4.78 is 85.4. The number of hydrogen-bond acceptors (Lipinski definition) is 4. The molecule has 0 radical (unpaired) electrons. The summed E-state index contributed by atoms with van der Waals surface area (Å²) >= 11 is 0. The predicted octanol–water partition coefficient (Wildman–Crippen LogP) is 4.16. The Labute approximate surface area is 170 Å². The van der Waals surface area contributed by atoms with Crippen LogP contribution < -0.4 is 0 Å². The van der Waals surface area contributed by atoms with E-state index in [4.69, 9.17) is 4.74 Å². The molecule has 0 aromatic heterocycles. The maximum absolute atomic E-state index is 13.7. The average Bonchev–Trinajstić information content (AvgIpc) is 3.13. The molecule has 1 aliphatic carbocycles. The van der Waals surface area contributed by atoms with Gasteiger partial charge in [-0.15, -0.1) is 0 Å². The van der Waals surface area contributed by atoms with Gasteiger partial charge in [0.05, 0.1) is 27.7 Å². The van der Waals surface area contributed by atoms with Crippen LogP contribution in [0.15, 0.2) is 47.4 Å². The van der Waals surface area contributed by atoms with Crippen molar-refractivity contribution in [2.75, 3.05) is 7.11 Å². The third kappa shape index (κ3) is 4.20. The number of rotatable bonds is 5. The van der Waals surface area contributed by atoms with Gasteiger partial charge in [-0.3, -0.25) is 4.79 Å². The van der Waals surface area contributed by atoms with Crippen LogP contribution >= 0.6 is 0 Å². The highest BCUT2D eigenvalue weighted by molar-refractivity contribution is 7.92. The lowest BCUT2D eigenvalue weighted by Gasteiger charge is -2.18. The Morgan fingerprint density at radius 2 is 1.67 bits per heavy atom. The molecule has 1 N–H and O–H groups in total. The molecule has 162 valence electrons. The lowest BCUT2D eigenvalue weighted by Crippen LogP contribution is -2.24. The molecular formula is C20H18F4O5S. The summed E-state index contributed by atoms with van der Waals surface area (Å²) in [4.78, 5) is 10.4. The van der Waals surface area contributed by atoms with Crippen LogP contribution in [-0.2, 0) is 25.5 Å². The number of carboxylic acid groups (broad SMARTS) is 1. The van der Waals surface area contributed by atoms with E-state index in [0.29, 0.717) is 6.07 Å². The van der Waals surface area contributed by atoms with Crippen molar-refractivity contribution < 1.29 is 40.6 Å². The molecule has 2 aromatic rings. The van der Waals surface area contributed by atoms with Crippen molar-refractivity contribution in [1.82, 2.24) is 0 Å². The van der Waals surface area contributed by atoms with Crippen molar-refractivity contribution in [2.24, 2.45) is 5.92 Å². The third-order valence-corrected chi connectivity index (χ3v) is 7.52. The monoisotopic (exact) mass is 446 g/mol. The molecule has 1 fully saturated rings. The number of sulfone groups is 1. The lowest BCUT2D eigenvalue weighted by atomic mass is 10.0. The van der Waals surface area contributed by atoms with Crippen molar-refractivity contribution in [3.8, 4) is 11.1 Å². The molecule has 10 heteroatoms. The SMILES string of the molecule is CO[C@@H]1C[C@H](S(=O)(=O)c2ccc(-c3ccc(F)cc3)cc2C(F)(F)F)C[C@H]1C(=O)O. The average molecular weight is 446 g/mol. The second-order valence-corrected chi connectivity index (χ2v) is 9.27. The fraction of sp³-hybridized carbons (Fsp3) is 0.350. The molecule has 0 heterocycles. The molecule has 0 saturated heterocycles. The molecule has 0 aliphatic heterocycles. The molecule has 2 aromatic carbocycles. The van der Waals surface area contributed by atoms with Crippen molar-refractivity contribution in [3.05, 3.63) is 53.8 Å². The Morgan fingerprint density at radius 3 is 2.17 bits per heavy atom. The lowest BCUT2D eigenvalue weighted by molar-refractivity contribution is -0.145. The van der Waals surface area contributed by atoms with Gasteiger partial charge in [-0.05, 0) is 48.2 Å². The van der Waals surface area contributed by atoms with E-state index in [1.807, 2.05) is 0 Å². The van der Waals surface area contributed by atoms with E-state index < -0.39 is 55.5 Å². The fourth-order valence-corrected chi connectivity index (χ4v) is 5.73. The van der Waals surface area contributed by atoms with Crippen LogP contribution in [0.5, 0.6) is 0 Å². The number of ether oxygens (including phenoxy) is 1. The number of hydrogen-bond donors (Lipinski definition) is 1. The minimum Gasteiger partial charge on any atom is -0.481 e. The Kier molecular flexibility index (Phi) is 5.92. The van der Waals surface area contributed by atoms with E-state index in [1.54, 1.807) is 0 Å². The zero-order chi connectivity index (χ0) is 22.3. The van der Waals surface area contributed by atoms with Gasteiger partial charge in [0, 0.05) is 7.11 Å². The van der Waals surface area contributed by atoms with E-state index >= 15 is 0 Å². The van der Waals surface area contributed by atoms with Gasteiger partial charge in [-0.1, -0.05) is 18.2 Å². The van der Waals surface area contributed by atoms with Crippen LogP contribution in [0.25, 0.3) is 11.1 Å². The van der Waals surface area contributed by atoms with Gasteiger partial charge >= 0.3 is 12.1 Å². The zero-order valence-electron chi connectivity index (χ0n) is 15.7. The number of carboxylic acids is 1. The second kappa shape index (κ2) is 7.99. The van der Waals surface area contributed by atoms with Crippen LogP contribution in [-0.4, -0.2) is 38.0 Å². The Hall–Kier alpha value is -2.46. The minimum atomic E-state index is -4.97. The quantitative estimate of drug-likeness (QED) is 0.698. The Morgan fingerprint density at radius 1 is 1.07 bits per heavy atom. The van der Waals surface area contributed by atoms with Crippen LogP contribution in [0, 0.1) is 11.7 Å². The van der Waals surface area contributed by atoms with Crippen molar-refractivity contribution >= 4 is 15.8 Å². The smallest absolute Gasteiger partial charge is 0.417 e. The first-order valence-electron chi connectivity index (χ1n) is 8.92. The first-order chi connectivity index (χ1) is 13.9. The Balaban J connectivity index is 2.06. The third-order valence-electron chi connectivity index (χ3n) is 5.29. The van der Waals surface area contributed by atoms with Crippen molar-refractivity contribution in [1.29, 1.82) is 0 Å². The van der Waals surface area contributed by atoms with Gasteiger partial charge in [0.15, 0.2) is 9.84 Å². The summed E-state index contributed by atoms with van der Waals surface area (Å²) in [5, 5.41) is 7.93. The molecule has 0 unspecified atom stereocenters. The van der Waals surface area contributed by atoms with Crippen molar-refractivity contribution in [3.63, 3.8) is 0 Å². The molecule has 1 saturated carbocycles. The van der Waals surface area contributed by atoms with Gasteiger partial charge in [-0.25, -0.2) is 12.8 Å². The molecule has 5 nitrogen and oxygen atoms in total. The Bertz CT molecular complexity index is 1050. The highest BCUT2D eigenvalue weighted by atomic mass is 32.2. The molecule has 3 rings (SSSR count). The number of carbonyl (C=O) groups is 1. The van der Waals surface area contributed by atoms with Gasteiger partial charge in [0.1, 0.15) is 5.82 Å². The van der Waals surface area contributed by atoms with Gasteiger partial charge in [0.25, 0.3) is 0 Å². The van der Waals surface area contributed by atoms with E-state index in [1.165, 1.54) is 25.3 Å².